The molecule has 4 N–H and O–H groups in total. The number of pyridine rings is 2. The number of nitrogens with one attached hydrogen (secondary N) is 4. The first-order valence-corrected chi connectivity index (χ1v) is 10.8. The van der Waals surface area contributed by atoms with Gasteiger partial charge in [-0.05, 0) is 58.0 Å². The normalized spacial score (nSPS) is 19.3. The van der Waals surface area contributed by atoms with Gasteiger partial charge in [0.25, 0.3) is 5.91 Å². The van der Waals surface area contributed by atoms with E-state index in [0.717, 1.165) is 31.6 Å². The lowest BCUT2D eigenvalue weighted by molar-refractivity contribution is -0.105. The van der Waals surface area contributed by atoms with Crippen LogP contribution in [0.4, 0.5) is 11.5 Å². The monoisotopic (exact) mass is 440 g/mol. The molecule has 0 radical (unpaired) electrons. The Labute approximate surface area is 186 Å². The lowest BCUT2D eigenvalue weighted by Crippen LogP contribution is -2.46. The molecule has 2 fully saturated rings. The number of carbonyl (C=O) groups is 2. The Bertz CT molecular complexity index is 991. The fourth-order valence-corrected chi connectivity index (χ4v) is 3.40. The lowest BCUT2D eigenvalue weighted by Gasteiger charge is -2.28. The zero-order valence-corrected chi connectivity index (χ0v) is 18.2. The Hall–Kier alpha value is -3.24. The van der Waals surface area contributed by atoms with Crippen molar-refractivity contribution < 1.29 is 19.1 Å². The molecule has 2 amide bonds. The van der Waals surface area contributed by atoms with E-state index in [1.54, 1.807) is 19.1 Å². The van der Waals surface area contributed by atoms with E-state index in [1.807, 2.05) is 13.0 Å². The summed E-state index contributed by atoms with van der Waals surface area (Å²) >= 11 is 0. The zero-order valence-electron chi connectivity index (χ0n) is 18.2. The summed E-state index contributed by atoms with van der Waals surface area (Å²) in [6.45, 7) is 6.36. The first-order chi connectivity index (χ1) is 15.5. The first kappa shape index (κ1) is 22.0. The molecule has 32 heavy (non-hydrogen) atoms. The van der Waals surface area contributed by atoms with Crippen molar-refractivity contribution in [2.24, 2.45) is 0 Å². The number of nitrogens with zero attached hydrogens (tertiary/aromatic N) is 2. The maximum Gasteiger partial charge on any atom is 0.279 e. The SMILES string of the molecule is Cc1ccc(OC[C@H]2CCN2)c(NC(=O)c2nc(C)cc(NC=O)c2OC[C@@H]2CCN2)n1. The van der Waals surface area contributed by atoms with Crippen LogP contribution in [-0.2, 0) is 4.79 Å². The number of hydrogen-bond acceptors (Lipinski definition) is 8. The molecule has 10 heteroatoms. The molecule has 4 heterocycles. The molecule has 2 saturated heterocycles. The molecule has 2 atom stereocenters. The van der Waals surface area contributed by atoms with Gasteiger partial charge in [-0.2, -0.15) is 0 Å². The molecular formula is C22H28N6O4. The number of aromatic nitrogens is 2. The van der Waals surface area contributed by atoms with Crippen LogP contribution >= 0.6 is 0 Å². The molecule has 0 bridgehead atoms. The van der Waals surface area contributed by atoms with Gasteiger partial charge in [0, 0.05) is 23.5 Å². The smallest absolute Gasteiger partial charge is 0.279 e. The number of carbonyl (C=O) groups excluding carboxylic acids is 2. The minimum absolute atomic E-state index is 0.0728. The summed E-state index contributed by atoms with van der Waals surface area (Å²) < 4.78 is 11.8. The minimum atomic E-state index is -0.496. The van der Waals surface area contributed by atoms with Crippen molar-refractivity contribution in [2.45, 2.75) is 38.8 Å². The average molecular weight is 441 g/mol. The third-order valence-corrected chi connectivity index (χ3v) is 5.48. The summed E-state index contributed by atoms with van der Waals surface area (Å²) in [5.41, 5.74) is 1.77. The van der Waals surface area contributed by atoms with Crippen LogP contribution < -0.4 is 30.7 Å². The highest BCUT2D eigenvalue weighted by molar-refractivity contribution is 6.06. The van der Waals surface area contributed by atoms with Gasteiger partial charge in [0.1, 0.15) is 13.2 Å². The molecular weight excluding hydrogens is 412 g/mol. The first-order valence-electron chi connectivity index (χ1n) is 10.8. The number of ether oxygens (including phenoxy) is 2. The third kappa shape index (κ3) is 5.14. The second kappa shape index (κ2) is 9.92. The average Bonchev–Trinajstić information content (AvgIpc) is 2.68. The van der Waals surface area contributed by atoms with Crippen LogP contribution in [0.15, 0.2) is 18.2 Å². The molecule has 0 aromatic carbocycles. The summed E-state index contributed by atoms with van der Waals surface area (Å²) in [5, 5.41) is 11.9. The number of rotatable bonds is 10. The molecule has 0 aliphatic carbocycles. The van der Waals surface area contributed by atoms with Gasteiger partial charge in [0.2, 0.25) is 6.41 Å². The highest BCUT2D eigenvalue weighted by Gasteiger charge is 2.25. The van der Waals surface area contributed by atoms with E-state index < -0.39 is 5.91 Å². The Morgan fingerprint density at radius 3 is 2.41 bits per heavy atom. The predicted molar refractivity (Wildman–Crippen MR) is 119 cm³/mol. The van der Waals surface area contributed by atoms with E-state index in [9.17, 15) is 9.59 Å². The Morgan fingerprint density at radius 1 is 1.09 bits per heavy atom. The fourth-order valence-electron chi connectivity index (χ4n) is 3.40. The molecule has 0 unspecified atom stereocenters. The summed E-state index contributed by atoms with van der Waals surface area (Å²) in [5.74, 6) is 0.526. The van der Waals surface area contributed by atoms with Crippen molar-refractivity contribution in [3.05, 3.63) is 35.3 Å². The van der Waals surface area contributed by atoms with Gasteiger partial charge >= 0.3 is 0 Å². The topological polar surface area (TPSA) is 126 Å². The lowest BCUT2D eigenvalue weighted by atomic mass is 10.1. The van der Waals surface area contributed by atoms with Crippen molar-refractivity contribution >= 4 is 23.8 Å². The van der Waals surface area contributed by atoms with Gasteiger partial charge in [0.15, 0.2) is 23.0 Å². The Morgan fingerprint density at radius 2 is 1.78 bits per heavy atom. The Balaban J connectivity index is 1.57. The molecule has 0 spiro atoms. The second-order valence-electron chi connectivity index (χ2n) is 8.01. The molecule has 4 rings (SSSR count). The molecule has 170 valence electrons. The highest BCUT2D eigenvalue weighted by Crippen LogP contribution is 2.31. The Kier molecular flexibility index (Phi) is 6.81. The maximum atomic E-state index is 13.2. The standard InChI is InChI=1S/C22H28N6O4/c1-13-3-4-18(31-10-15-5-7-23-15)21(27-13)28-22(30)19-20(32-11-16-6-8-24-16)17(25-12-29)9-14(2)26-19/h3-4,9,12,15-16,23-24H,5-8,10-11H2,1-2H3,(H,25,26,29)(H,27,28,30)/t15-,16+/m1/s1. The maximum absolute atomic E-state index is 13.2. The van der Waals surface area contributed by atoms with Gasteiger partial charge in [-0.25, -0.2) is 9.97 Å². The van der Waals surface area contributed by atoms with Gasteiger partial charge in [-0.15, -0.1) is 0 Å². The second-order valence-corrected chi connectivity index (χ2v) is 8.01. The van der Waals surface area contributed by atoms with Gasteiger partial charge in [0.05, 0.1) is 5.69 Å². The third-order valence-electron chi connectivity index (χ3n) is 5.48. The molecule has 2 aromatic heterocycles. The fraction of sp³-hybridized carbons (Fsp3) is 0.455. The van der Waals surface area contributed by atoms with Crippen LogP contribution in [0, 0.1) is 13.8 Å². The zero-order chi connectivity index (χ0) is 22.5. The van der Waals surface area contributed by atoms with Crippen LogP contribution in [0.5, 0.6) is 11.5 Å². The van der Waals surface area contributed by atoms with E-state index in [-0.39, 0.29) is 17.5 Å². The summed E-state index contributed by atoms with van der Waals surface area (Å²) in [7, 11) is 0. The highest BCUT2D eigenvalue weighted by atomic mass is 16.5. The van der Waals surface area contributed by atoms with E-state index in [1.165, 1.54) is 0 Å². The van der Waals surface area contributed by atoms with Gasteiger partial charge in [-0.1, -0.05) is 0 Å². The van der Waals surface area contributed by atoms with Gasteiger partial charge in [-0.3, -0.25) is 9.59 Å². The molecule has 2 aliphatic heterocycles. The summed E-state index contributed by atoms with van der Waals surface area (Å²) in [6.07, 6.45) is 2.59. The van der Waals surface area contributed by atoms with Crippen LogP contribution in [0.25, 0.3) is 0 Å². The minimum Gasteiger partial charge on any atom is -0.488 e. The number of anilines is 2. The van der Waals surface area contributed by atoms with Crippen molar-refractivity contribution in [2.75, 3.05) is 36.9 Å². The largest absolute Gasteiger partial charge is 0.488 e. The molecule has 0 saturated carbocycles. The van der Waals surface area contributed by atoms with E-state index in [2.05, 4.69) is 31.2 Å². The van der Waals surface area contributed by atoms with E-state index >= 15 is 0 Å². The van der Waals surface area contributed by atoms with Gasteiger partial charge < -0.3 is 30.7 Å². The van der Waals surface area contributed by atoms with Crippen molar-refractivity contribution in [1.29, 1.82) is 0 Å². The summed E-state index contributed by atoms with van der Waals surface area (Å²) in [6, 6.07) is 5.79. The van der Waals surface area contributed by atoms with Crippen LogP contribution in [0.1, 0.15) is 34.7 Å². The van der Waals surface area contributed by atoms with E-state index in [0.29, 0.717) is 48.6 Å². The number of hydrogen-bond donors (Lipinski definition) is 4. The molecule has 2 aliphatic rings. The number of aryl methyl sites for hydroxylation is 2. The van der Waals surface area contributed by atoms with Crippen molar-refractivity contribution in [3.63, 3.8) is 0 Å². The van der Waals surface area contributed by atoms with E-state index in [4.69, 9.17) is 9.47 Å². The van der Waals surface area contributed by atoms with Crippen LogP contribution in [-0.4, -0.2) is 60.7 Å². The van der Waals surface area contributed by atoms with Crippen molar-refractivity contribution in [1.82, 2.24) is 20.6 Å². The molecule has 2 aromatic rings. The quantitative estimate of drug-likeness (QED) is 0.409. The van der Waals surface area contributed by atoms with Crippen molar-refractivity contribution in [3.8, 4) is 11.5 Å². The van der Waals surface area contributed by atoms with Crippen LogP contribution in [0.3, 0.4) is 0 Å². The number of amides is 2. The molecule has 10 nitrogen and oxygen atoms in total. The van der Waals surface area contributed by atoms with Crippen LogP contribution in [0.2, 0.25) is 0 Å². The predicted octanol–water partition coefficient (Wildman–Crippen LogP) is 1.40. The summed E-state index contributed by atoms with van der Waals surface area (Å²) in [4.78, 5) is 33.2.